The van der Waals surface area contributed by atoms with Crippen LogP contribution in [0.4, 0.5) is 0 Å². The molecule has 0 spiro atoms. The fourth-order valence-electron chi connectivity index (χ4n) is 3.34. The van der Waals surface area contributed by atoms with Crippen LogP contribution in [0.2, 0.25) is 0 Å². The van der Waals surface area contributed by atoms with Gasteiger partial charge in [0.25, 0.3) is 0 Å². The predicted molar refractivity (Wildman–Crippen MR) is 56.7 cm³/mol. The summed E-state index contributed by atoms with van der Waals surface area (Å²) in [4.78, 5) is 2.74. The maximum atomic E-state index is 2.74. The van der Waals surface area contributed by atoms with Crippen molar-refractivity contribution in [2.45, 2.75) is 52.6 Å². The lowest BCUT2D eigenvalue weighted by atomic mass is 9.71. The molecule has 0 bridgehead atoms. The summed E-state index contributed by atoms with van der Waals surface area (Å²) in [5.74, 6) is 2.94. The lowest BCUT2D eigenvalue weighted by molar-refractivity contribution is 0.123. The van der Waals surface area contributed by atoms with Gasteiger partial charge in [-0.3, -0.25) is 4.90 Å². The van der Waals surface area contributed by atoms with E-state index in [0.717, 1.165) is 29.8 Å². The van der Waals surface area contributed by atoms with Crippen molar-refractivity contribution in [2.24, 2.45) is 17.8 Å². The van der Waals surface area contributed by atoms with Crippen LogP contribution < -0.4 is 0 Å². The molecule has 1 heterocycles. The van der Waals surface area contributed by atoms with Gasteiger partial charge in [0.15, 0.2) is 0 Å². The van der Waals surface area contributed by atoms with Gasteiger partial charge < -0.3 is 0 Å². The zero-order valence-corrected chi connectivity index (χ0v) is 9.46. The van der Waals surface area contributed by atoms with E-state index in [9.17, 15) is 0 Å². The predicted octanol–water partition coefficient (Wildman–Crippen LogP) is 2.76. The number of nitrogens with zero attached hydrogens (tertiary/aromatic N) is 1. The molecule has 1 aliphatic carbocycles. The van der Waals surface area contributed by atoms with Gasteiger partial charge >= 0.3 is 0 Å². The van der Waals surface area contributed by atoms with Gasteiger partial charge in [-0.15, -0.1) is 0 Å². The van der Waals surface area contributed by atoms with Crippen LogP contribution in [0, 0.1) is 17.8 Å². The van der Waals surface area contributed by atoms with Crippen molar-refractivity contribution in [1.29, 1.82) is 0 Å². The molecule has 2 rings (SSSR count). The highest BCUT2D eigenvalue weighted by molar-refractivity contribution is 5.00. The van der Waals surface area contributed by atoms with Gasteiger partial charge in [-0.1, -0.05) is 13.8 Å². The normalized spacial score (nSPS) is 39.7. The highest BCUT2D eigenvalue weighted by atomic mass is 15.2. The SMILES string of the molecule is CC(C)C1[C@H]2CCC2CN1C(C)C. The number of likely N-dealkylation sites (tertiary alicyclic amines) is 1. The zero-order valence-electron chi connectivity index (χ0n) is 9.46. The lowest BCUT2D eigenvalue weighted by Crippen LogP contribution is -2.41. The monoisotopic (exact) mass is 181 g/mol. The Balaban J connectivity index is 2.10. The van der Waals surface area contributed by atoms with Crippen LogP contribution >= 0.6 is 0 Å². The Morgan fingerprint density at radius 1 is 1.08 bits per heavy atom. The molecule has 0 aromatic rings. The minimum absolute atomic E-state index is 0.748. The molecule has 1 saturated heterocycles. The van der Waals surface area contributed by atoms with E-state index in [4.69, 9.17) is 0 Å². The molecule has 0 amide bonds. The van der Waals surface area contributed by atoms with Gasteiger partial charge in [0.1, 0.15) is 0 Å². The summed E-state index contributed by atoms with van der Waals surface area (Å²) in [6, 6.07) is 1.64. The molecule has 0 radical (unpaired) electrons. The maximum Gasteiger partial charge on any atom is 0.0152 e. The summed E-state index contributed by atoms with van der Waals surface area (Å²) in [6.45, 7) is 10.9. The van der Waals surface area contributed by atoms with Crippen molar-refractivity contribution in [1.82, 2.24) is 4.90 Å². The standard InChI is InChI=1S/C12H23N/c1-8(2)12-11-6-5-10(11)7-13(12)9(3)4/h8-12H,5-7H2,1-4H3/t10?,11-,12?/m0/s1. The largest absolute Gasteiger partial charge is 0.297 e. The average molecular weight is 181 g/mol. The van der Waals surface area contributed by atoms with E-state index < -0.39 is 0 Å². The first-order chi connectivity index (χ1) is 6.11. The van der Waals surface area contributed by atoms with Crippen LogP contribution in [0.25, 0.3) is 0 Å². The minimum atomic E-state index is 0.748. The fraction of sp³-hybridized carbons (Fsp3) is 1.00. The van der Waals surface area contributed by atoms with Gasteiger partial charge in [0, 0.05) is 18.6 Å². The maximum absolute atomic E-state index is 2.74. The molecule has 2 aliphatic rings. The van der Waals surface area contributed by atoms with E-state index in [2.05, 4.69) is 32.6 Å². The summed E-state index contributed by atoms with van der Waals surface area (Å²) < 4.78 is 0. The van der Waals surface area contributed by atoms with Gasteiger partial charge in [-0.05, 0) is 44.4 Å². The average Bonchev–Trinajstić information content (AvgIpc) is 2.23. The third-order valence-electron chi connectivity index (χ3n) is 4.09. The molecule has 3 atom stereocenters. The molecular formula is C12H23N. The van der Waals surface area contributed by atoms with Crippen LogP contribution in [0.3, 0.4) is 0 Å². The molecule has 0 N–H and O–H groups in total. The summed E-state index contributed by atoms with van der Waals surface area (Å²) >= 11 is 0. The van der Waals surface area contributed by atoms with Crippen molar-refractivity contribution in [2.75, 3.05) is 6.54 Å². The molecule has 1 aliphatic heterocycles. The van der Waals surface area contributed by atoms with Crippen LogP contribution in [0.15, 0.2) is 0 Å². The van der Waals surface area contributed by atoms with Crippen molar-refractivity contribution >= 4 is 0 Å². The van der Waals surface area contributed by atoms with E-state index >= 15 is 0 Å². The number of rotatable bonds is 2. The van der Waals surface area contributed by atoms with Crippen LogP contribution in [-0.4, -0.2) is 23.5 Å². The summed E-state index contributed by atoms with van der Waals surface area (Å²) in [5.41, 5.74) is 0. The first-order valence-corrected chi connectivity index (χ1v) is 5.87. The van der Waals surface area contributed by atoms with Crippen LogP contribution in [0.1, 0.15) is 40.5 Å². The van der Waals surface area contributed by atoms with E-state index in [1.807, 2.05) is 0 Å². The van der Waals surface area contributed by atoms with E-state index in [1.165, 1.54) is 19.4 Å². The number of hydrogen-bond donors (Lipinski definition) is 0. The quantitative estimate of drug-likeness (QED) is 0.633. The molecule has 2 fully saturated rings. The molecule has 13 heavy (non-hydrogen) atoms. The molecule has 76 valence electrons. The molecule has 0 aromatic heterocycles. The molecule has 1 heteroatoms. The molecule has 1 saturated carbocycles. The van der Waals surface area contributed by atoms with Crippen molar-refractivity contribution in [3.63, 3.8) is 0 Å². The van der Waals surface area contributed by atoms with E-state index in [1.54, 1.807) is 0 Å². The van der Waals surface area contributed by atoms with Gasteiger partial charge in [-0.25, -0.2) is 0 Å². The van der Waals surface area contributed by atoms with Gasteiger partial charge in [0.05, 0.1) is 0 Å². The van der Waals surface area contributed by atoms with Crippen LogP contribution in [-0.2, 0) is 0 Å². The van der Waals surface area contributed by atoms with E-state index in [0.29, 0.717) is 0 Å². The Hall–Kier alpha value is -0.0400. The minimum Gasteiger partial charge on any atom is -0.297 e. The molecule has 2 unspecified atom stereocenters. The Bertz CT molecular complexity index is 186. The van der Waals surface area contributed by atoms with Crippen molar-refractivity contribution < 1.29 is 0 Å². The molecular weight excluding hydrogens is 158 g/mol. The zero-order chi connectivity index (χ0) is 9.59. The smallest absolute Gasteiger partial charge is 0.0152 e. The van der Waals surface area contributed by atoms with Crippen molar-refractivity contribution in [3.05, 3.63) is 0 Å². The lowest BCUT2D eigenvalue weighted by Gasteiger charge is -2.37. The molecule has 0 aromatic carbocycles. The van der Waals surface area contributed by atoms with Gasteiger partial charge in [-0.2, -0.15) is 0 Å². The Labute approximate surface area is 82.5 Å². The Morgan fingerprint density at radius 2 is 1.77 bits per heavy atom. The second-order valence-corrected chi connectivity index (χ2v) is 5.53. The third-order valence-corrected chi connectivity index (χ3v) is 4.09. The summed E-state index contributed by atoms with van der Waals surface area (Å²) in [6.07, 6.45) is 2.99. The fourth-order valence-corrected chi connectivity index (χ4v) is 3.34. The third kappa shape index (κ3) is 1.41. The van der Waals surface area contributed by atoms with Crippen LogP contribution in [0.5, 0.6) is 0 Å². The Kier molecular flexibility index (Phi) is 2.39. The second-order valence-electron chi connectivity index (χ2n) is 5.53. The molecule has 1 nitrogen and oxygen atoms in total. The Morgan fingerprint density at radius 3 is 2.15 bits per heavy atom. The van der Waals surface area contributed by atoms with E-state index in [-0.39, 0.29) is 0 Å². The number of hydrogen-bond acceptors (Lipinski definition) is 1. The second kappa shape index (κ2) is 3.27. The van der Waals surface area contributed by atoms with Crippen molar-refractivity contribution in [3.8, 4) is 0 Å². The topological polar surface area (TPSA) is 3.24 Å². The number of fused-ring (bicyclic) bond motifs is 1. The first kappa shape index (κ1) is 9.51. The highest BCUT2D eigenvalue weighted by Crippen LogP contribution is 2.47. The summed E-state index contributed by atoms with van der Waals surface area (Å²) in [7, 11) is 0. The highest BCUT2D eigenvalue weighted by Gasteiger charge is 2.48. The summed E-state index contributed by atoms with van der Waals surface area (Å²) in [5, 5.41) is 0. The first-order valence-electron chi connectivity index (χ1n) is 5.87. The van der Waals surface area contributed by atoms with Gasteiger partial charge in [0.2, 0.25) is 0 Å².